The molecule has 3 nitrogen and oxygen atoms in total. The number of anilines is 3. The first-order valence-electron chi connectivity index (χ1n) is 19.9. The molecule has 1 aromatic heterocycles. The largest absolute Gasteiger partial charge is 0.453 e. The Kier molecular flexibility index (Phi) is 7.14. The summed E-state index contributed by atoms with van der Waals surface area (Å²) in [5.41, 5.74) is 16.0. The van der Waals surface area contributed by atoms with E-state index in [1.165, 1.54) is 49.7 Å². The van der Waals surface area contributed by atoms with Gasteiger partial charge in [0, 0.05) is 27.8 Å². The number of hydrogen-bond acceptors (Lipinski definition) is 2. The van der Waals surface area contributed by atoms with Crippen molar-refractivity contribution in [2.24, 2.45) is 0 Å². The number of aromatic nitrogens is 1. The maximum atomic E-state index is 6.63. The van der Waals surface area contributed by atoms with E-state index in [2.05, 4.69) is 228 Å². The fourth-order valence-corrected chi connectivity index (χ4v) is 9.80. The highest BCUT2D eigenvalue weighted by atomic mass is 16.5. The Morgan fingerprint density at radius 2 is 1.00 bits per heavy atom. The third-order valence-corrected chi connectivity index (χ3v) is 12.3. The molecule has 0 N–H and O–H groups in total. The Hall–Kier alpha value is -7.62. The van der Waals surface area contributed by atoms with Gasteiger partial charge in [0.2, 0.25) is 0 Å². The molecule has 1 aliphatic carbocycles. The smallest absolute Gasteiger partial charge is 0.152 e. The van der Waals surface area contributed by atoms with Gasteiger partial charge < -0.3 is 14.2 Å². The molecule has 0 bridgehead atoms. The lowest BCUT2D eigenvalue weighted by molar-refractivity contribution is 0.476. The Morgan fingerprint density at radius 1 is 0.397 bits per heavy atom. The van der Waals surface area contributed by atoms with Crippen molar-refractivity contribution in [1.29, 1.82) is 0 Å². The van der Waals surface area contributed by atoms with Gasteiger partial charge in [-0.05, 0) is 105 Å². The molecule has 0 spiro atoms. The van der Waals surface area contributed by atoms with Crippen molar-refractivity contribution in [2.75, 3.05) is 4.90 Å². The number of para-hydroxylation sites is 3. The van der Waals surface area contributed by atoms with Crippen LogP contribution in [0.25, 0.3) is 49.7 Å². The number of hydrogen-bond donors (Lipinski definition) is 0. The lowest BCUT2D eigenvalue weighted by atomic mass is 9.67. The number of rotatable bonds is 6. The maximum Gasteiger partial charge on any atom is 0.152 e. The molecule has 3 heteroatoms. The molecule has 58 heavy (non-hydrogen) atoms. The highest BCUT2D eigenvalue weighted by molar-refractivity contribution is 6.12. The van der Waals surface area contributed by atoms with Gasteiger partial charge in [-0.25, -0.2) is 0 Å². The van der Waals surface area contributed by atoms with E-state index in [0.29, 0.717) is 0 Å². The summed E-state index contributed by atoms with van der Waals surface area (Å²) in [6.45, 7) is 0. The van der Waals surface area contributed by atoms with Gasteiger partial charge in [-0.15, -0.1) is 0 Å². The molecule has 10 aromatic rings. The predicted octanol–water partition coefficient (Wildman–Crippen LogP) is 14.4. The molecule has 0 atom stereocenters. The SMILES string of the molecule is c1ccc(N(c2ccc(-c3ccc4c(c3)Oc3cccc5c6ccccc6n-4c35)cc2)c2ccc3c(c2)C(c2ccccc2)(c2ccccc2)c2ccccc2-3)cc1. The molecule has 0 amide bonds. The van der Waals surface area contributed by atoms with Gasteiger partial charge in [-0.3, -0.25) is 0 Å². The first-order valence-corrected chi connectivity index (χ1v) is 19.9. The Labute approximate surface area is 337 Å². The minimum Gasteiger partial charge on any atom is -0.453 e. The van der Waals surface area contributed by atoms with Crippen molar-refractivity contribution in [1.82, 2.24) is 4.57 Å². The fourth-order valence-electron chi connectivity index (χ4n) is 9.80. The molecule has 1 aliphatic heterocycles. The van der Waals surface area contributed by atoms with Crippen LogP contribution in [-0.2, 0) is 5.41 Å². The lowest BCUT2D eigenvalue weighted by Gasteiger charge is -2.35. The first kappa shape index (κ1) is 32.6. The molecular weight excluding hydrogens is 705 g/mol. The summed E-state index contributed by atoms with van der Waals surface area (Å²) in [4.78, 5) is 2.38. The van der Waals surface area contributed by atoms with Crippen molar-refractivity contribution >= 4 is 38.9 Å². The molecule has 0 fully saturated rings. The molecule has 12 rings (SSSR count). The first-order chi connectivity index (χ1) is 28.8. The summed E-state index contributed by atoms with van der Waals surface area (Å²) in [7, 11) is 0. The van der Waals surface area contributed by atoms with E-state index in [4.69, 9.17) is 4.74 Å². The lowest BCUT2D eigenvalue weighted by Crippen LogP contribution is -2.28. The molecule has 9 aromatic carbocycles. The van der Waals surface area contributed by atoms with Crippen molar-refractivity contribution in [3.05, 3.63) is 241 Å². The second-order valence-electron chi connectivity index (χ2n) is 15.3. The van der Waals surface area contributed by atoms with Crippen LogP contribution in [0.2, 0.25) is 0 Å². The number of benzene rings is 9. The minimum absolute atomic E-state index is 0.482. The molecule has 2 heterocycles. The summed E-state index contributed by atoms with van der Waals surface area (Å²) in [5.74, 6) is 1.74. The monoisotopic (exact) mass is 740 g/mol. The zero-order chi connectivity index (χ0) is 38.2. The molecule has 272 valence electrons. The topological polar surface area (TPSA) is 17.4 Å². The van der Waals surface area contributed by atoms with Gasteiger partial charge in [0.25, 0.3) is 0 Å². The van der Waals surface area contributed by atoms with Gasteiger partial charge in [-0.1, -0.05) is 158 Å². The van der Waals surface area contributed by atoms with Crippen LogP contribution in [0.15, 0.2) is 218 Å². The van der Waals surface area contributed by atoms with E-state index in [-0.39, 0.29) is 0 Å². The standard InChI is InChI=1S/C55H36N2O/c1-4-15-39(16-5-1)55(40-17-6-2-7-18-40)48-24-12-10-21-44(48)45-33-32-43(36-49(45)55)56(41-19-8-3-9-20-41)42-30-27-37(28-31-42)38-29-34-51-53(35-38)58-52-26-14-23-47-46-22-11-13-25-50(46)57(51)54(47)52/h1-36H. The fraction of sp³-hybridized carbons (Fsp3) is 0.0182. The van der Waals surface area contributed by atoms with E-state index >= 15 is 0 Å². The summed E-state index contributed by atoms with van der Waals surface area (Å²) in [5, 5.41) is 2.44. The molecule has 0 saturated heterocycles. The van der Waals surface area contributed by atoms with Crippen LogP contribution < -0.4 is 9.64 Å². The van der Waals surface area contributed by atoms with Crippen molar-refractivity contribution in [3.63, 3.8) is 0 Å². The van der Waals surface area contributed by atoms with Crippen molar-refractivity contribution in [3.8, 4) is 39.4 Å². The van der Waals surface area contributed by atoms with Crippen LogP contribution in [0, 0.1) is 0 Å². The Morgan fingerprint density at radius 3 is 1.78 bits per heavy atom. The maximum absolute atomic E-state index is 6.63. The van der Waals surface area contributed by atoms with Crippen LogP contribution in [0.3, 0.4) is 0 Å². The summed E-state index contributed by atoms with van der Waals surface area (Å²) in [6.07, 6.45) is 0. The van der Waals surface area contributed by atoms with Crippen molar-refractivity contribution < 1.29 is 4.74 Å². The average Bonchev–Trinajstić information content (AvgIpc) is 3.79. The Bertz CT molecular complexity index is 3150. The summed E-state index contributed by atoms with van der Waals surface area (Å²) in [6, 6.07) is 79.2. The van der Waals surface area contributed by atoms with E-state index < -0.39 is 5.41 Å². The van der Waals surface area contributed by atoms with Gasteiger partial charge >= 0.3 is 0 Å². The van der Waals surface area contributed by atoms with E-state index in [0.717, 1.165) is 50.9 Å². The summed E-state index contributed by atoms with van der Waals surface area (Å²) >= 11 is 0. The van der Waals surface area contributed by atoms with E-state index in [1.54, 1.807) is 0 Å². The van der Waals surface area contributed by atoms with Gasteiger partial charge in [-0.2, -0.15) is 0 Å². The second kappa shape index (κ2) is 12.7. The van der Waals surface area contributed by atoms with Gasteiger partial charge in [0.15, 0.2) is 11.5 Å². The third kappa shape index (κ3) is 4.68. The van der Waals surface area contributed by atoms with Crippen LogP contribution >= 0.6 is 0 Å². The quantitative estimate of drug-likeness (QED) is 0.169. The van der Waals surface area contributed by atoms with Gasteiger partial charge in [0.05, 0.1) is 22.1 Å². The Balaban J connectivity index is 0.981. The molecule has 0 saturated carbocycles. The number of ether oxygens (including phenoxy) is 1. The minimum atomic E-state index is -0.482. The molecule has 2 aliphatic rings. The second-order valence-corrected chi connectivity index (χ2v) is 15.3. The third-order valence-electron chi connectivity index (χ3n) is 12.3. The highest BCUT2D eigenvalue weighted by Gasteiger charge is 2.46. The van der Waals surface area contributed by atoms with Crippen LogP contribution in [0.4, 0.5) is 17.1 Å². The van der Waals surface area contributed by atoms with E-state index in [1.807, 2.05) is 0 Å². The molecular formula is C55H36N2O. The van der Waals surface area contributed by atoms with Crippen LogP contribution in [0.5, 0.6) is 11.5 Å². The number of fused-ring (bicyclic) bond motifs is 8. The predicted molar refractivity (Wildman–Crippen MR) is 238 cm³/mol. The van der Waals surface area contributed by atoms with Gasteiger partial charge in [0.1, 0.15) is 0 Å². The van der Waals surface area contributed by atoms with E-state index in [9.17, 15) is 0 Å². The normalized spacial score (nSPS) is 13.1. The zero-order valence-electron chi connectivity index (χ0n) is 31.6. The van der Waals surface area contributed by atoms with Crippen molar-refractivity contribution in [2.45, 2.75) is 5.41 Å². The number of nitrogens with zero attached hydrogens (tertiary/aromatic N) is 2. The molecule has 0 unspecified atom stereocenters. The average molecular weight is 741 g/mol. The zero-order valence-corrected chi connectivity index (χ0v) is 31.6. The van der Waals surface area contributed by atoms with Crippen LogP contribution in [0.1, 0.15) is 22.3 Å². The van der Waals surface area contributed by atoms with Crippen LogP contribution in [-0.4, -0.2) is 4.57 Å². The molecule has 0 radical (unpaired) electrons. The highest BCUT2D eigenvalue weighted by Crippen LogP contribution is 2.57. The summed E-state index contributed by atoms with van der Waals surface area (Å²) < 4.78 is 8.98.